The number of benzene rings is 2. The van der Waals surface area contributed by atoms with Crippen molar-refractivity contribution >= 4 is 32.7 Å². The highest BCUT2D eigenvalue weighted by atomic mass is 32.2. The predicted molar refractivity (Wildman–Crippen MR) is 119 cm³/mol. The Balaban J connectivity index is 1.62. The zero-order valence-corrected chi connectivity index (χ0v) is 19.1. The summed E-state index contributed by atoms with van der Waals surface area (Å²) >= 11 is 0. The summed E-state index contributed by atoms with van der Waals surface area (Å²) in [4.78, 5) is 16.2. The Hall–Kier alpha value is -3.12. The standard InChI is InChI=1S/C22H23F3N4O4S/c1-33-18-10-9-15(13-19(18)34(31,32)28-11-5-2-6-12-28)26-20(30)14-29-17-8-4-3-7-16(17)27-21(29)22(23,24)25/h3-4,7-10,13H,2,5-6,11-12,14H2,1H3,(H,26,30). The van der Waals surface area contributed by atoms with Crippen LogP contribution in [0.2, 0.25) is 0 Å². The molecule has 0 aliphatic carbocycles. The monoisotopic (exact) mass is 496 g/mol. The van der Waals surface area contributed by atoms with Gasteiger partial charge in [-0.3, -0.25) is 4.79 Å². The van der Waals surface area contributed by atoms with Gasteiger partial charge in [0.15, 0.2) is 0 Å². The van der Waals surface area contributed by atoms with Crippen LogP contribution in [0.25, 0.3) is 11.0 Å². The minimum absolute atomic E-state index is 0.112. The van der Waals surface area contributed by atoms with E-state index in [-0.39, 0.29) is 27.4 Å². The molecule has 0 spiro atoms. The van der Waals surface area contributed by atoms with Crippen molar-refractivity contribution in [2.45, 2.75) is 36.9 Å². The Morgan fingerprint density at radius 3 is 2.50 bits per heavy atom. The molecule has 1 aliphatic rings. The Labute approximate surface area is 194 Å². The molecule has 4 rings (SSSR count). The number of hydrogen-bond acceptors (Lipinski definition) is 5. The summed E-state index contributed by atoms with van der Waals surface area (Å²) in [7, 11) is -2.54. The molecular weight excluding hydrogens is 473 g/mol. The number of para-hydroxylation sites is 2. The molecule has 3 aromatic rings. The summed E-state index contributed by atoms with van der Waals surface area (Å²) in [6, 6.07) is 10.1. The molecule has 2 aromatic carbocycles. The smallest absolute Gasteiger partial charge is 0.449 e. The van der Waals surface area contributed by atoms with E-state index < -0.39 is 34.5 Å². The Bertz CT molecular complexity index is 1320. The number of nitrogens with one attached hydrogen (secondary N) is 1. The van der Waals surface area contributed by atoms with Crippen molar-refractivity contribution in [3.8, 4) is 5.75 Å². The second-order valence-electron chi connectivity index (χ2n) is 7.89. The van der Waals surface area contributed by atoms with Gasteiger partial charge in [-0.2, -0.15) is 17.5 Å². The number of rotatable bonds is 6. The average Bonchev–Trinajstić information content (AvgIpc) is 3.18. The van der Waals surface area contributed by atoms with Gasteiger partial charge in [-0.25, -0.2) is 13.4 Å². The van der Waals surface area contributed by atoms with E-state index in [2.05, 4.69) is 10.3 Å². The SMILES string of the molecule is COc1ccc(NC(=O)Cn2c(C(F)(F)F)nc3ccccc32)cc1S(=O)(=O)N1CCCCC1. The number of carbonyl (C=O) groups is 1. The second kappa shape index (κ2) is 9.26. The average molecular weight is 497 g/mol. The lowest BCUT2D eigenvalue weighted by molar-refractivity contribution is -0.147. The number of hydrogen-bond donors (Lipinski definition) is 1. The molecule has 1 N–H and O–H groups in total. The number of anilines is 1. The number of carbonyl (C=O) groups excluding carboxylic acids is 1. The Morgan fingerprint density at radius 1 is 1.12 bits per heavy atom. The number of nitrogens with zero attached hydrogens (tertiary/aromatic N) is 3. The molecular formula is C22H23F3N4O4S. The fraction of sp³-hybridized carbons (Fsp3) is 0.364. The fourth-order valence-electron chi connectivity index (χ4n) is 4.00. The van der Waals surface area contributed by atoms with E-state index >= 15 is 0 Å². The molecule has 2 heterocycles. The van der Waals surface area contributed by atoms with Gasteiger partial charge in [0, 0.05) is 18.8 Å². The van der Waals surface area contributed by atoms with Gasteiger partial charge in [-0.15, -0.1) is 0 Å². The Morgan fingerprint density at radius 2 is 1.82 bits per heavy atom. The molecule has 1 saturated heterocycles. The fourth-order valence-corrected chi connectivity index (χ4v) is 5.70. The van der Waals surface area contributed by atoms with Crippen molar-refractivity contribution in [2.75, 3.05) is 25.5 Å². The lowest BCUT2D eigenvalue weighted by Crippen LogP contribution is -2.35. The van der Waals surface area contributed by atoms with Crippen LogP contribution in [0.3, 0.4) is 0 Å². The number of ether oxygens (including phenoxy) is 1. The van der Waals surface area contributed by atoms with Gasteiger partial charge < -0.3 is 14.6 Å². The number of halogens is 3. The van der Waals surface area contributed by atoms with Crippen LogP contribution in [0.15, 0.2) is 47.4 Å². The number of amides is 1. The summed E-state index contributed by atoms with van der Waals surface area (Å²) in [5.74, 6) is -1.84. The molecule has 0 radical (unpaired) electrons. The highest BCUT2D eigenvalue weighted by Gasteiger charge is 2.38. The molecule has 1 aliphatic heterocycles. The topological polar surface area (TPSA) is 93.5 Å². The van der Waals surface area contributed by atoms with Crippen molar-refractivity contribution in [3.63, 3.8) is 0 Å². The van der Waals surface area contributed by atoms with Crippen molar-refractivity contribution in [1.82, 2.24) is 13.9 Å². The van der Waals surface area contributed by atoms with E-state index in [0.29, 0.717) is 13.1 Å². The maximum atomic E-state index is 13.5. The largest absolute Gasteiger partial charge is 0.495 e. The van der Waals surface area contributed by atoms with E-state index in [1.165, 1.54) is 41.7 Å². The number of methoxy groups -OCH3 is 1. The normalized spacial score (nSPS) is 15.4. The van der Waals surface area contributed by atoms with Crippen LogP contribution in [0.4, 0.5) is 18.9 Å². The van der Waals surface area contributed by atoms with E-state index in [1.807, 2.05) is 0 Å². The molecule has 0 bridgehead atoms. The second-order valence-corrected chi connectivity index (χ2v) is 9.79. The molecule has 34 heavy (non-hydrogen) atoms. The summed E-state index contributed by atoms with van der Waals surface area (Å²) in [5.41, 5.74) is 0.398. The van der Waals surface area contributed by atoms with Crippen LogP contribution in [0, 0.1) is 0 Å². The van der Waals surface area contributed by atoms with Gasteiger partial charge in [-0.05, 0) is 43.2 Å². The number of sulfonamides is 1. The van der Waals surface area contributed by atoms with Gasteiger partial charge in [0.25, 0.3) is 0 Å². The highest BCUT2D eigenvalue weighted by molar-refractivity contribution is 7.89. The van der Waals surface area contributed by atoms with Crippen LogP contribution in [0.1, 0.15) is 25.1 Å². The third-order valence-electron chi connectivity index (χ3n) is 5.59. The van der Waals surface area contributed by atoms with Crippen LogP contribution in [-0.4, -0.2) is 48.4 Å². The molecule has 8 nitrogen and oxygen atoms in total. The van der Waals surface area contributed by atoms with Crippen LogP contribution >= 0.6 is 0 Å². The maximum Gasteiger partial charge on any atom is 0.449 e. The van der Waals surface area contributed by atoms with E-state index in [0.717, 1.165) is 23.8 Å². The number of piperidine rings is 1. The molecule has 0 atom stereocenters. The molecule has 12 heteroatoms. The van der Waals surface area contributed by atoms with Gasteiger partial charge in [0.05, 0.1) is 18.1 Å². The first-order chi connectivity index (χ1) is 16.1. The first kappa shape index (κ1) is 24.0. The summed E-state index contributed by atoms with van der Waals surface area (Å²) in [6.07, 6.45) is -2.31. The molecule has 1 aromatic heterocycles. The van der Waals surface area contributed by atoms with Crippen molar-refractivity contribution in [1.29, 1.82) is 0 Å². The number of aromatic nitrogens is 2. The zero-order valence-electron chi connectivity index (χ0n) is 18.3. The third kappa shape index (κ3) is 4.73. The van der Waals surface area contributed by atoms with Crippen LogP contribution < -0.4 is 10.1 Å². The quantitative estimate of drug-likeness (QED) is 0.559. The number of imidazole rings is 1. The van der Waals surface area contributed by atoms with Gasteiger partial charge in [0.1, 0.15) is 17.2 Å². The predicted octanol–water partition coefficient (Wildman–Crippen LogP) is 3.88. The summed E-state index contributed by atoms with van der Waals surface area (Å²) < 4.78 is 74.2. The minimum Gasteiger partial charge on any atom is -0.495 e. The first-order valence-corrected chi connectivity index (χ1v) is 12.1. The zero-order chi connectivity index (χ0) is 24.5. The van der Waals surface area contributed by atoms with Crippen molar-refractivity contribution < 1.29 is 31.1 Å². The number of alkyl halides is 3. The van der Waals surface area contributed by atoms with Crippen LogP contribution in [-0.2, 0) is 27.5 Å². The lowest BCUT2D eigenvalue weighted by Gasteiger charge is -2.26. The van der Waals surface area contributed by atoms with E-state index in [1.54, 1.807) is 12.1 Å². The van der Waals surface area contributed by atoms with Gasteiger partial charge in [-0.1, -0.05) is 18.6 Å². The van der Waals surface area contributed by atoms with Crippen molar-refractivity contribution in [2.24, 2.45) is 0 Å². The van der Waals surface area contributed by atoms with Crippen molar-refractivity contribution in [3.05, 3.63) is 48.3 Å². The number of fused-ring (bicyclic) bond motifs is 1. The maximum absolute atomic E-state index is 13.5. The molecule has 0 saturated carbocycles. The molecule has 0 unspecified atom stereocenters. The minimum atomic E-state index is -4.75. The third-order valence-corrected chi connectivity index (χ3v) is 7.51. The first-order valence-electron chi connectivity index (χ1n) is 10.6. The molecule has 1 amide bonds. The van der Waals surface area contributed by atoms with E-state index in [4.69, 9.17) is 4.74 Å². The van der Waals surface area contributed by atoms with E-state index in [9.17, 15) is 26.4 Å². The Kier molecular flexibility index (Phi) is 6.54. The molecule has 1 fully saturated rings. The molecule has 182 valence electrons. The van der Waals surface area contributed by atoms with Gasteiger partial charge >= 0.3 is 6.18 Å². The lowest BCUT2D eigenvalue weighted by atomic mass is 10.2. The summed E-state index contributed by atoms with van der Waals surface area (Å²) in [5, 5.41) is 2.50. The van der Waals surface area contributed by atoms with Crippen LogP contribution in [0.5, 0.6) is 5.75 Å². The highest BCUT2D eigenvalue weighted by Crippen LogP contribution is 2.33. The summed E-state index contributed by atoms with van der Waals surface area (Å²) in [6.45, 7) is 0.113. The van der Waals surface area contributed by atoms with Gasteiger partial charge in [0.2, 0.25) is 21.8 Å².